The third-order valence-electron chi connectivity index (χ3n) is 6.39. The van der Waals surface area contributed by atoms with Crippen LogP contribution in [0, 0.1) is 11.7 Å². The fourth-order valence-electron chi connectivity index (χ4n) is 4.52. The molecule has 2 atom stereocenters. The highest BCUT2D eigenvalue weighted by Gasteiger charge is 2.34. The van der Waals surface area contributed by atoms with Crippen LogP contribution in [0.2, 0.25) is 0 Å². The van der Waals surface area contributed by atoms with Gasteiger partial charge in [-0.1, -0.05) is 24.3 Å². The van der Waals surface area contributed by atoms with Crippen LogP contribution in [0.4, 0.5) is 4.39 Å². The van der Waals surface area contributed by atoms with E-state index in [1.165, 1.54) is 6.07 Å². The predicted octanol–water partition coefficient (Wildman–Crippen LogP) is 5.98. The minimum Gasteiger partial charge on any atom is -0.497 e. The summed E-state index contributed by atoms with van der Waals surface area (Å²) < 4.78 is 31.7. The Balaban J connectivity index is 1.36. The number of hydrogen-bond acceptors (Lipinski definition) is 4. The molecule has 5 nitrogen and oxygen atoms in total. The fourth-order valence-corrected chi connectivity index (χ4v) is 4.52. The lowest BCUT2D eigenvalue weighted by Crippen LogP contribution is -2.11. The molecule has 0 saturated heterocycles. The molecule has 6 heteroatoms. The average molecular weight is 448 g/mol. The molecule has 3 aromatic carbocycles. The molecule has 1 N–H and O–H groups in total. The Morgan fingerprint density at radius 1 is 1.12 bits per heavy atom. The molecule has 1 fully saturated rings. The van der Waals surface area contributed by atoms with E-state index in [2.05, 4.69) is 0 Å². The number of benzene rings is 3. The molecule has 1 saturated carbocycles. The number of rotatable bonds is 8. The van der Waals surface area contributed by atoms with Gasteiger partial charge in [0.2, 0.25) is 0 Å². The maximum Gasteiger partial charge on any atom is 0.303 e. The van der Waals surface area contributed by atoms with Gasteiger partial charge in [-0.05, 0) is 72.2 Å². The van der Waals surface area contributed by atoms with Crippen LogP contribution < -0.4 is 14.2 Å². The summed E-state index contributed by atoms with van der Waals surface area (Å²) in [5.74, 6) is 1.28. The summed E-state index contributed by atoms with van der Waals surface area (Å²) in [6.45, 7) is 0.352. The molecule has 3 aromatic rings. The Hall–Kier alpha value is -3.54. The van der Waals surface area contributed by atoms with Gasteiger partial charge in [0, 0.05) is 11.1 Å². The quantitative estimate of drug-likeness (QED) is 0.459. The highest BCUT2D eigenvalue weighted by molar-refractivity contribution is 5.69. The summed E-state index contributed by atoms with van der Waals surface area (Å²) >= 11 is 0. The number of halogens is 1. The highest BCUT2D eigenvalue weighted by atomic mass is 19.1. The fraction of sp³-hybridized carbons (Fsp3) is 0.296. The van der Waals surface area contributed by atoms with Gasteiger partial charge >= 0.3 is 5.97 Å². The standard InChI is InChI=1S/C27H25FO5/c1-31-19-8-10-24(28)23(13-19)18-7-9-21-25(12-18)32-15-26(21)33-20-4-2-3-17(11-20)22(14-27(29)30)16-5-6-16/h2-4,7-13,16,22,26H,5-6,14-15H2,1H3,(H,29,30)/t22-,26-/m0/s1. The summed E-state index contributed by atoms with van der Waals surface area (Å²) in [6.07, 6.45) is 1.98. The van der Waals surface area contributed by atoms with Gasteiger partial charge in [-0.15, -0.1) is 0 Å². The molecule has 0 amide bonds. The number of ether oxygens (including phenoxy) is 3. The van der Waals surface area contributed by atoms with Crippen LogP contribution in [0.5, 0.6) is 17.2 Å². The zero-order valence-electron chi connectivity index (χ0n) is 18.3. The largest absolute Gasteiger partial charge is 0.497 e. The lowest BCUT2D eigenvalue weighted by Gasteiger charge is -2.18. The van der Waals surface area contributed by atoms with Crippen LogP contribution in [0.1, 0.15) is 42.4 Å². The molecule has 0 aromatic heterocycles. The Bertz CT molecular complexity index is 1190. The summed E-state index contributed by atoms with van der Waals surface area (Å²) in [5.41, 5.74) is 3.05. The Morgan fingerprint density at radius 3 is 2.73 bits per heavy atom. The number of fused-ring (bicyclic) bond motifs is 1. The Labute approximate surface area is 191 Å². The van der Waals surface area contributed by atoms with Crippen molar-refractivity contribution in [1.29, 1.82) is 0 Å². The number of carboxylic acid groups (broad SMARTS) is 1. The molecule has 170 valence electrons. The third-order valence-corrected chi connectivity index (χ3v) is 6.39. The lowest BCUT2D eigenvalue weighted by atomic mass is 9.91. The normalized spacial score (nSPS) is 17.7. The first-order chi connectivity index (χ1) is 16.0. The number of carbonyl (C=O) groups is 1. The first-order valence-corrected chi connectivity index (χ1v) is 11.1. The van der Waals surface area contributed by atoms with Crippen molar-refractivity contribution in [2.24, 2.45) is 5.92 Å². The molecule has 1 aliphatic heterocycles. The van der Waals surface area contributed by atoms with E-state index in [9.17, 15) is 14.3 Å². The van der Waals surface area contributed by atoms with Gasteiger partial charge in [0.25, 0.3) is 0 Å². The van der Waals surface area contributed by atoms with Crippen molar-refractivity contribution in [2.75, 3.05) is 13.7 Å². The summed E-state index contributed by atoms with van der Waals surface area (Å²) in [7, 11) is 1.55. The lowest BCUT2D eigenvalue weighted by molar-refractivity contribution is -0.137. The minimum absolute atomic E-state index is 0.0125. The van der Waals surface area contributed by atoms with Gasteiger partial charge in [0.15, 0.2) is 6.10 Å². The second kappa shape index (κ2) is 8.77. The molecule has 5 rings (SSSR count). The van der Waals surface area contributed by atoms with Gasteiger partial charge < -0.3 is 19.3 Å². The minimum atomic E-state index is -0.778. The Morgan fingerprint density at radius 2 is 1.97 bits per heavy atom. The molecule has 1 aliphatic carbocycles. The van der Waals surface area contributed by atoms with Gasteiger partial charge in [-0.25, -0.2) is 4.39 Å². The molecular formula is C27H25FO5. The number of aliphatic carboxylic acids is 1. The van der Waals surface area contributed by atoms with Gasteiger partial charge in [-0.3, -0.25) is 4.79 Å². The maximum absolute atomic E-state index is 14.4. The molecule has 1 heterocycles. The van der Waals surface area contributed by atoms with Crippen LogP contribution in [0.25, 0.3) is 11.1 Å². The monoisotopic (exact) mass is 448 g/mol. The van der Waals surface area contributed by atoms with E-state index in [0.29, 0.717) is 40.9 Å². The van der Waals surface area contributed by atoms with Crippen molar-refractivity contribution in [1.82, 2.24) is 0 Å². The average Bonchev–Trinajstić information content (AvgIpc) is 3.59. The SMILES string of the molecule is COc1ccc(F)c(-c2ccc3c(c2)OC[C@@H]3Oc2cccc([C@@H](CC(=O)O)C3CC3)c2)c1. The molecule has 33 heavy (non-hydrogen) atoms. The number of methoxy groups -OCH3 is 1. The van der Waals surface area contributed by atoms with E-state index < -0.39 is 5.97 Å². The van der Waals surface area contributed by atoms with Crippen LogP contribution in [0.3, 0.4) is 0 Å². The van der Waals surface area contributed by atoms with Gasteiger partial charge in [0.05, 0.1) is 13.5 Å². The van der Waals surface area contributed by atoms with Crippen molar-refractivity contribution < 1.29 is 28.5 Å². The number of hydrogen-bond donors (Lipinski definition) is 1. The van der Waals surface area contributed by atoms with Crippen molar-refractivity contribution in [3.8, 4) is 28.4 Å². The number of carboxylic acids is 1. The van der Waals surface area contributed by atoms with E-state index in [-0.39, 0.29) is 24.3 Å². The topological polar surface area (TPSA) is 65.0 Å². The van der Waals surface area contributed by atoms with Crippen molar-refractivity contribution in [3.05, 3.63) is 77.6 Å². The molecule has 0 bridgehead atoms. The van der Waals surface area contributed by atoms with Gasteiger partial charge in [0.1, 0.15) is 29.7 Å². The zero-order valence-corrected chi connectivity index (χ0v) is 18.3. The summed E-state index contributed by atoms with van der Waals surface area (Å²) in [6, 6.07) is 17.9. The van der Waals surface area contributed by atoms with Crippen LogP contribution in [-0.4, -0.2) is 24.8 Å². The van der Waals surface area contributed by atoms with Gasteiger partial charge in [-0.2, -0.15) is 0 Å². The van der Waals surface area contributed by atoms with E-state index >= 15 is 0 Å². The third kappa shape index (κ3) is 4.51. The first kappa shape index (κ1) is 21.3. The smallest absolute Gasteiger partial charge is 0.303 e. The van der Waals surface area contributed by atoms with E-state index in [4.69, 9.17) is 14.2 Å². The van der Waals surface area contributed by atoms with Crippen molar-refractivity contribution in [2.45, 2.75) is 31.3 Å². The van der Waals surface area contributed by atoms with Crippen LogP contribution >= 0.6 is 0 Å². The van der Waals surface area contributed by atoms with E-state index in [0.717, 1.165) is 24.0 Å². The molecular weight excluding hydrogens is 423 g/mol. The van der Waals surface area contributed by atoms with Crippen molar-refractivity contribution in [3.63, 3.8) is 0 Å². The van der Waals surface area contributed by atoms with Crippen LogP contribution in [0.15, 0.2) is 60.7 Å². The molecule has 2 aliphatic rings. The second-order valence-electron chi connectivity index (χ2n) is 8.63. The predicted molar refractivity (Wildman–Crippen MR) is 121 cm³/mol. The summed E-state index contributed by atoms with van der Waals surface area (Å²) in [4.78, 5) is 11.3. The summed E-state index contributed by atoms with van der Waals surface area (Å²) in [5, 5.41) is 9.30. The van der Waals surface area contributed by atoms with Crippen molar-refractivity contribution >= 4 is 5.97 Å². The van der Waals surface area contributed by atoms with Crippen LogP contribution in [-0.2, 0) is 4.79 Å². The Kier molecular flexibility index (Phi) is 5.67. The second-order valence-corrected chi connectivity index (χ2v) is 8.63. The highest BCUT2D eigenvalue weighted by Crippen LogP contribution is 2.45. The molecule has 0 unspecified atom stereocenters. The zero-order chi connectivity index (χ0) is 22.9. The van der Waals surface area contributed by atoms with E-state index in [1.54, 1.807) is 19.2 Å². The first-order valence-electron chi connectivity index (χ1n) is 11.1. The maximum atomic E-state index is 14.4. The molecule has 0 spiro atoms. The molecule has 0 radical (unpaired) electrons. The van der Waals surface area contributed by atoms with E-state index in [1.807, 2.05) is 42.5 Å².